The Morgan fingerprint density at radius 2 is 2.14 bits per heavy atom. The van der Waals surface area contributed by atoms with E-state index in [-0.39, 0.29) is 12.2 Å². The van der Waals surface area contributed by atoms with Gasteiger partial charge in [-0.3, -0.25) is 4.98 Å². The highest BCUT2D eigenvalue weighted by molar-refractivity contribution is 5.93. The molecule has 0 fully saturated rings. The van der Waals surface area contributed by atoms with Crippen LogP contribution >= 0.6 is 0 Å². The molecule has 1 unspecified atom stereocenters. The number of carboxylic acids is 1. The van der Waals surface area contributed by atoms with Crippen molar-refractivity contribution in [3.63, 3.8) is 0 Å². The first-order valence-electron chi connectivity index (χ1n) is 9.57. The molecule has 1 aromatic heterocycles. The Morgan fingerprint density at radius 1 is 1.31 bits per heavy atom. The number of aromatic nitrogens is 1. The third-order valence-corrected chi connectivity index (χ3v) is 5.07. The predicted octanol–water partition coefficient (Wildman–Crippen LogP) is 5.03. The van der Waals surface area contributed by atoms with E-state index in [2.05, 4.69) is 10.3 Å². The van der Waals surface area contributed by atoms with E-state index in [1.165, 1.54) is 24.0 Å². The van der Waals surface area contributed by atoms with Crippen molar-refractivity contribution in [3.05, 3.63) is 53.3 Å². The van der Waals surface area contributed by atoms with Crippen molar-refractivity contribution in [2.75, 3.05) is 18.5 Å². The number of aryl methyl sites for hydroxylation is 1. The molecule has 0 amide bonds. The summed E-state index contributed by atoms with van der Waals surface area (Å²) >= 11 is 0. The van der Waals surface area contributed by atoms with Crippen LogP contribution in [-0.2, 0) is 6.42 Å². The normalized spacial score (nSPS) is 16.2. The summed E-state index contributed by atoms with van der Waals surface area (Å²) in [6.07, 6.45) is 1.46. The van der Waals surface area contributed by atoms with Crippen molar-refractivity contribution < 1.29 is 27.8 Å². The lowest BCUT2D eigenvalue weighted by Crippen LogP contribution is -2.16. The van der Waals surface area contributed by atoms with E-state index in [1.807, 2.05) is 12.1 Å². The monoisotopic (exact) mass is 408 g/mol. The zero-order valence-electron chi connectivity index (χ0n) is 15.8. The molecule has 5 nitrogen and oxygen atoms in total. The third kappa shape index (κ3) is 5.85. The molecular weight excluding hydrogens is 385 g/mol. The van der Waals surface area contributed by atoms with Crippen molar-refractivity contribution >= 4 is 11.7 Å². The molecule has 0 saturated heterocycles. The van der Waals surface area contributed by atoms with Gasteiger partial charge in [-0.1, -0.05) is 6.07 Å². The van der Waals surface area contributed by atoms with Crippen LogP contribution in [0.15, 0.2) is 36.7 Å². The summed E-state index contributed by atoms with van der Waals surface area (Å²) in [4.78, 5) is 15.2. The lowest BCUT2D eigenvalue weighted by molar-refractivity contribution is -0.139. The molecule has 1 heterocycles. The molecule has 0 spiro atoms. The van der Waals surface area contributed by atoms with Gasteiger partial charge in [-0.05, 0) is 60.9 Å². The average molecular weight is 408 g/mol. The lowest BCUT2D eigenvalue weighted by Gasteiger charge is -2.26. The number of ether oxygens (including phenoxy) is 1. The van der Waals surface area contributed by atoms with Gasteiger partial charge in [0.15, 0.2) is 0 Å². The number of carbonyl (C=O) groups is 1. The van der Waals surface area contributed by atoms with E-state index >= 15 is 0 Å². The van der Waals surface area contributed by atoms with Crippen LogP contribution in [0.25, 0.3) is 0 Å². The van der Waals surface area contributed by atoms with Gasteiger partial charge in [-0.25, -0.2) is 4.79 Å². The molecule has 8 heteroatoms. The summed E-state index contributed by atoms with van der Waals surface area (Å²) in [5, 5.41) is 12.4. The number of halogens is 3. The molecule has 1 atom stereocenters. The van der Waals surface area contributed by atoms with Gasteiger partial charge in [-0.15, -0.1) is 0 Å². The number of benzene rings is 1. The van der Waals surface area contributed by atoms with E-state index in [4.69, 9.17) is 4.74 Å². The zero-order chi connectivity index (χ0) is 20.9. The molecule has 156 valence electrons. The summed E-state index contributed by atoms with van der Waals surface area (Å²) in [5.41, 5.74) is 2.97. The molecule has 3 rings (SSSR count). The van der Waals surface area contributed by atoms with Crippen molar-refractivity contribution in [2.45, 2.75) is 44.2 Å². The molecule has 0 saturated carbocycles. The quantitative estimate of drug-likeness (QED) is 0.641. The minimum absolute atomic E-state index is 0.185. The van der Waals surface area contributed by atoms with Crippen molar-refractivity contribution in [1.82, 2.24) is 4.98 Å². The van der Waals surface area contributed by atoms with Gasteiger partial charge in [-0.2, -0.15) is 13.2 Å². The number of hydrogen-bond acceptors (Lipinski definition) is 4. The topological polar surface area (TPSA) is 71.5 Å². The van der Waals surface area contributed by atoms with Crippen molar-refractivity contribution in [2.24, 2.45) is 0 Å². The van der Waals surface area contributed by atoms with E-state index in [0.29, 0.717) is 23.9 Å². The predicted molar refractivity (Wildman–Crippen MR) is 103 cm³/mol. The molecule has 29 heavy (non-hydrogen) atoms. The SMILES string of the molecule is O=C(O)c1ccncc1NCCC1CCCc2cc(OCCC(F)(F)F)ccc21. The highest BCUT2D eigenvalue weighted by Gasteiger charge is 2.27. The van der Waals surface area contributed by atoms with Crippen LogP contribution in [0, 0.1) is 0 Å². The second-order valence-electron chi connectivity index (χ2n) is 7.11. The smallest absolute Gasteiger partial charge is 0.392 e. The second kappa shape index (κ2) is 9.15. The Labute approximate surface area is 166 Å². The highest BCUT2D eigenvalue weighted by Crippen LogP contribution is 2.36. The molecule has 0 radical (unpaired) electrons. The number of anilines is 1. The Kier molecular flexibility index (Phi) is 6.61. The number of nitrogens with zero attached hydrogens (tertiary/aromatic N) is 1. The summed E-state index contributed by atoms with van der Waals surface area (Å²) in [7, 11) is 0. The molecular formula is C21H23F3N2O3. The Balaban J connectivity index is 1.59. The molecule has 1 aliphatic rings. The van der Waals surface area contributed by atoms with Gasteiger partial charge < -0.3 is 15.2 Å². The fraction of sp³-hybridized carbons (Fsp3) is 0.429. The summed E-state index contributed by atoms with van der Waals surface area (Å²) in [6, 6.07) is 6.97. The van der Waals surface area contributed by atoms with Gasteiger partial charge in [0.1, 0.15) is 5.75 Å². The zero-order valence-corrected chi connectivity index (χ0v) is 15.8. The first-order chi connectivity index (χ1) is 13.8. The van der Waals surface area contributed by atoms with Crippen LogP contribution in [0.3, 0.4) is 0 Å². The van der Waals surface area contributed by atoms with Crippen LogP contribution in [0.5, 0.6) is 5.75 Å². The first kappa shape index (κ1) is 21.0. The molecule has 2 aromatic rings. The van der Waals surface area contributed by atoms with Gasteiger partial charge in [0.05, 0.1) is 30.5 Å². The fourth-order valence-electron chi connectivity index (χ4n) is 3.67. The maximum Gasteiger partial charge on any atom is 0.392 e. The minimum atomic E-state index is -4.22. The minimum Gasteiger partial charge on any atom is -0.493 e. The van der Waals surface area contributed by atoms with Crippen LogP contribution in [0.1, 0.15) is 53.1 Å². The largest absolute Gasteiger partial charge is 0.493 e. The van der Waals surface area contributed by atoms with Crippen LogP contribution in [-0.4, -0.2) is 35.4 Å². The van der Waals surface area contributed by atoms with Gasteiger partial charge in [0, 0.05) is 12.7 Å². The Morgan fingerprint density at radius 3 is 2.90 bits per heavy atom. The summed E-state index contributed by atoms with van der Waals surface area (Å²) < 4.78 is 42.1. The van der Waals surface area contributed by atoms with Gasteiger partial charge >= 0.3 is 12.1 Å². The van der Waals surface area contributed by atoms with Crippen LogP contribution in [0.2, 0.25) is 0 Å². The maximum absolute atomic E-state index is 12.3. The molecule has 1 aliphatic carbocycles. The number of rotatable bonds is 8. The Bertz CT molecular complexity index is 855. The first-order valence-corrected chi connectivity index (χ1v) is 9.57. The summed E-state index contributed by atoms with van der Waals surface area (Å²) in [5.74, 6) is -0.232. The Hall–Kier alpha value is -2.77. The van der Waals surface area contributed by atoms with E-state index in [0.717, 1.165) is 31.2 Å². The number of pyridine rings is 1. The fourth-order valence-corrected chi connectivity index (χ4v) is 3.67. The molecule has 1 aromatic carbocycles. The third-order valence-electron chi connectivity index (χ3n) is 5.07. The standard InChI is InChI=1S/C21H23F3N2O3/c22-21(23,24)8-11-29-16-4-5-17-14(2-1-3-15(17)12-16)6-10-26-19-13-25-9-7-18(19)20(27)28/h4-5,7,9,12-14,26H,1-3,6,8,10-11H2,(H,27,28). The maximum atomic E-state index is 12.3. The number of alkyl halides is 3. The number of hydrogen-bond donors (Lipinski definition) is 2. The van der Waals surface area contributed by atoms with E-state index in [9.17, 15) is 23.1 Å². The van der Waals surface area contributed by atoms with Gasteiger partial charge in [0.2, 0.25) is 0 Å². The van der Waals surface area contributed by atoms with Crippen molar-refractivity contribution in [1.29, 1.82) is 0 Å². The van der Waals surface area contributed by atoms with Crippen molar-refractivity contribution in [3.8, 4) is 5.75 Å². The highest BCUT2D eigenvalue weighted by atomic mass is 19.4. The molecule has 0 aliphatic heterocycles. The average Bonchev–Trinajstić information content (AvgIpc) is 2.67. The second-order valence-corrected chi connectivity index (χ2v) is 7.11. The summed E-state index contributed by atoms with van der Waals surface area (Å²) in [6.45, 7) is 0.215. The van der Waals surface area contributed by atoms with Gasteiger partial charge in [0.25, 0.3) is 0 Å². The number of carboxylic acid groups (broad SMARTS) is 1. The lowest BCUT2D eigenvalue weighted by atomic mass is 9.81. The van der Waals surface area contributed by atoms with E-state index in [1.54, 1.807) is 6.07 Å². The van der Waals surface area contributed by atoms with Crippen LogP contribution < -0.4 is 10.1 Å². The van der Waals surface area contributed by atoms with Crippen LogP contribution in [0.4, 0.5) is 18.9 Å². The molecule has 2 N–H and O–H groups in total. The van der Waals surface area contributed by atoms with E-state index < -0.39 is 18.6 Å². The number of aromatic carboxylic acids is 1. The molecule has 0 bridgehead atoms. The number of nitrogens with one attached hydrogen (secondary N) is 1. The number of fused-ring (bicyclic) bond motifs is 1.